The Bertz CT molecular complexity index is 2380. The maximum absolute atomic E-state index is 15.8. The van der Waals surface area contributed by atoms with Crippen LogP contribution in [0.2, 0.25) is 10.0 Å². The molecule has 3 amide bonds. The van der Waals surface area contributed by atoms with Gasteiger partial charge in [-0.1, -0.05) is 59.6 Å². The molecule has 1 saturated heterocycles. The van der Waals surface area contributed by atoms with Crippen LogP contribution in [0, 0.1) is 5.82 Å². The number of nitrogens with one attached hydrogen (secondary N) is 3. The largest absolute Gasteiger partial charge is 0.481 e. The number of ether oxygens (including phenoxy) is 1. The van der Waals surface area contributed by atoms with Crippen LogP contribution in [0.15, 0.2) is 71.8 Å². The molecule has 0 bridgehead atoms. The zero-order valence-corrected chi connectivity index (χ0v) is 31.8. The molecule has 1 unspecified atom stereocenters. The molecule has 0 spiro atoms. The highest BCUT2D eigenvalue weighted by atomic mass is 35.5. The second-order valence-electron chi connectivity index (χ2n) is 13.2. The maximum Gasteiger partial charge on any atom is 0.407 e. The number of carboxylic acid groups (broad SMARTS) is 1. The van der Waals surface area contributed by atoms with E-state index in [0.29, 0.717) is 56.9 Å². The van der Waals surface area contributed by atoms with Gasteiger partial charge in [-0.3, -0.25) is 18.8 Å². The second-order valence-corrected chi connectivity index (χ2v) is 13.9. The first kappa shape index (κ1) is 40.1. The normalized spacial score (nSPS) is 14.4. The van der Waals surface area contributed by atoms with Crippen molar-refractivity contribution in [3.63, 3.8) is 0 Å². The topological polar surface area (TPSA) is 187 Å². The fourth-order valence-electron chi connectivity index (χ4n) is 6.51. The van der Waals surface area contributed by atoms with E-state index in [0.717, 1.165) is 4.90 Å². The van der Waals surface area contributed by atoms with Crippen LogP contribution >= 0.6 is 23.2 Å². The molecule has 5 aromatic rings. The zero-order valence-electron chi connectivity index (χ0n) is 30.3. The molecular formula is C39H38Cl2FN7O7. The number of hydrogen-bond acceptors (Lipinski definition) is 9. The van der Waals surface area contributed by atoms with Crippen molar-refractivity contribution in [3.05, 3.63) is 104 Å². The molecule has 292 valence electrons. The molecule has 14 nitrogen and oxygen atoms in total. The molecule has 56 heavy (non-hydrogen) atoms. The Labute approximate surface area is 330 Å². The summed E-state index contributed by atoms with van der Waals surface area (Å²) < 4.78 is 22.6. The minimum absolute atomic E-state index is 0.0260. The first-order valence-corrected chi connectivity index (χ1v) is 18.3. The highest BCUT2D eigenvalue weighted by Gasteiger charge is 2.28. The Balaban J connectivity index is 1.25. The molecule has 0 aliphatic carbocycles. The lowest BCUT2D eigenvalue weighted by Gasteiger charge is -2.24. The van der Waals surface area contributed by atoms with Gasteiger partial charge in [0.05, 0.1) is 47.5 Å². The maximum atomic E-state index is 15.8. The molecule has 1 fully saturated rings. The number of aromatic nitrogens is 3. The summed E-state index contributed by atoms with van der Waals surface area (Å²) in [6.45, 7) is -0.132. The third kappa shape index (κ3) is 8.76. The highest BCUT2D eigenvalue weighted by Crippen LogP contribution is 2.42. The Morgan fingerprint density at radius 3 is 2.45 bits per heavy atom. The number of aliphatic hydroxyl groups excluding tert-OH is 1. The number of aliphatic hydroxyl groups is 1. The van der Waals surface area contributed by atoms with E-state index in [4.69, 9.17) is 27.9 Å². The summed E-state index contributed by atoms with van der Waals surface area (Å²) in [5.74, 6) is -1.33. The van der Waals surface area contributed by atoms with Gasteiger partial charge in [-0.05, 0) is 24.1 Å². The summed E-state index contributed by atoms with van der Waals surface area (Å²) >= 11 is 14.0. The van der Waals surface area contributed by atoms with Gasteiger partial charge in [0, 0.05) is 85.4 Å². The number of rotatable bonds is 14. The van der Waals surface area contributed by atoms with Crippen LogP contribution in [0.4, 0.5) is 9.18 Å². The fraction of sp³-hybridized carbons (Fsp3) is 0.282. The quantitative estimate of drug-likeness (QED) is 0.103. The summed E-state index contributed by atoms with van der Waals surface area (Å²) in [6.07, 6.45) is 1.56. The van der Waals surface area contributed by atoms with Gasteiger partial charge in [0.25, 0.3) is 5.56 Å². The second kappa shape index (κ2) is 17.5. The van der Waals surface area contributed by atoms with Gasteiger partial charge in [0.1, 0.15) is 11.5 Å². The molecule has 0 radical (unpaired) electrons. The predicted octanol–water partition coefficient (Wildman–Crippen LogP) is 4.89. The Morgan fingerprint density at radius 2 is 1.79 bits per heavy atom. The summed E-state index contributed by atoms with van der Waals surface area (Å²) in [4.78, 5) is 58.4. The number of hydrogen-bond donors (Lipinski definition) is 5. The van der Waals surface area contributed by atoms with Crippen molar-refractivity contribution < 1.29 is 33.7 Å². The van der Waals surface area contributed by atoms with E-state index in [9.17, 15) is 29.4 Å². The lowest BCUT2D eigenvalue weighted by atomic mass is 9.97. The number of halogens is 3. The number of nitrogens with zero attached hydrogens (tertiary/aromatic N) is 4. The van der Waals surface area contributed by atoms with Gasteiger partial charge in [-0.15, -0.1) is 0 Å². The van der Waals surface area contributed by atoms with Crippen LogP contribution in [0.3, 0.4) is 0 Å². The van der Waals surface area contributed by atoms with E-state index < -0.39 is 18.0 Å². The van der Waals surface area contributed by atoms with E-state index in [1.807, 2.05) is 6.07 Å². The molecule has 1 aliphatic rings. The van der Waals surface area contributed by atoms with Crippen molar-refractivity contribution in [2.24, 2.45) is 0 Å². The molecule has 0 saturated carbocycles. The van der Waals surface area contributed by atoms with Gasteiger partial charge < -0.3 is 35.8 Å². The van der Waals surface area contributed by atoms with E-state index in [1.54, 1.807) is 48.7 Å². The van der Waals surface area contributed by atoms with Crippen molar-refractivity contribution in [2.75, 3.05) is 27.2 Å². The number of carbonyl (C=O) groups excluding carboxylic acids is 2. The van der Waals surface area contributed by atoms with Crippen LogP contribution in [0.1, 0.15) is 30.4 Å². The van der Waals surface area contributed by atoms with Crippen LogP contribution in [-0.2, 0) is 22.7 Å². The Morgan fingerprint density at radius 1 is 1.09 bits per heavy atom. The number of fused-ring (bicyclic) bond motifs is 1. The van der Waals surface area contributed by atoms with Gasteiger partial charge >= 0.3 is 6.09 Å². The van der Waals surface area contributed by atoms with Gasteiger partial charge in [0.15, 0.2) is 0 Å². The molecule has 5 N–H and O–H groups in total. The first-order chi connectivity index (χ1) is 26.9. The molecule has 6 rings (SSSR count). The van der Waals surface area contributed by atoms with Gasteiger partial charge in [-0.25, -0.2) is 19.2 Å². The molecule has 2 atom stereocenters. The smallest absolute Gasteiger partial charge is 0.407 e. The predicted molar refractivity (Wildman–Crippen MR) is 208 cm³/mol. The molecule has 17 heteroatoms. The summed E-state index contributed by atoms with van der Waals surface area (Å²) in [7, 11) is 2.80. The number of methoxy groups -OCH3 is 1. The van der Waals surface area contributed by atoms with E-state index >= 15 is 4.39 Å². The molecule has 3 aromatic heterocycles. The highest BCUT2D eigenvalue weighted by molar-refractivity contribution is 6.39. The van der Waals surface area contributed by atoms with Crippen molar-refractivity contribution in [1.82, 2.24) is 35.2 Å². The monoisotopic (exact) mass is 805 g/mol. The van der Waals surface area contributed by atoms with Crippen molar-refractivity contribution in [2.45, 2.75) is 44.5 Å². The Kier molecular flexibility index (Phi) is 12.5. The van der Waals surface area contributed by atoms with Crippen molar-refractivity contribution in [1.29, 1.82) is 0 Å². The molecular weight excluding hydrogens is 768 g/mol. The lowest BCUT2D eigenvalue weighted by Crippen LogP contribution is -2.41. The van der Waals surface area contributed by atoms with Gasteiger partial charge in [0.2, 0.25) is 17.7 Å². The van der Waals surface area contributed by atoms with Crippen LogP contribution < -0.4 is 26.2 Å². The van der Waals surface area contributed by atoms with Crippen molar-refractivity contribution in [3.8, 4) is 39.4 Å². The number of amides is 3. The van der Waals surface area contributed by atoms with Crippen LogP contribution in [0.25, 0.3) is 39.2 Å². The summed E-state index contributed by atoms with van der Waals surface area (Å²) in [6, 6.07) is 14.8. The first-order valence-electron chi connectivity index (χ1n) is 17.6. The van der Waals surface area contributed by atoms with Crippen LogP contribution in [-0.4, -0.2) is 86.8 Å². The minimum Gasteiger partial charge on any atom is -0.481 e. The SMILES string of the molecule is CNC(=O)CC(O)CNCc1cnc2cc(-c3cccc(-c4cccc(-c5cc(F)c(CN(C[C@@H]6CCC(=O)N6)C(=O)O)c(OC)n5)c4Cl)c3Cl)ccn2c1=O. The summed E-state index contributed by atoms with van der Waals surface area (Å²) in [5, 5.41) is 28.6. The van der Waals surface area contributed by atoms with Crippen molar-refractivity contribution >= 4 is 46.8 Å². The van der Waals surface area contributed by atoms with Crippen LogP contribution in [0.5, 0.6) is 5.88 Å². The summed E-state index contributed by atoms with van der Waals surface area (Å²) in [5.41, 5.74) is 3.31. The fourth-order valence-corrected chi connectivity index (χ4v) is 7.18. The third-order valence-corrected chi connectivity index (χ3v) is 10.2. The number of pyridine rings is 2. The average molecular weight is 807 g/mol. The average Bonchev–Trinajstić information content (AvgIpc) is 3.60. The number of benzene rings is 2. The Hall–Kier alpha value is -5.61. The minimum atomic E-state index is -1.28. The third-order valence-electron chi connectivity index (χ3n) is 9.42. The molecule has 2 aromatic carbocycles. The van der Waals surface area contributed by atoms with E-state index in [-0.39, 0.29) is 78.2 Å². The van der Waals surface area contributed by atoms with Gasteiger partial charge in [-0.2, -0.15) is 0 Å². The molecule has 1 aliphatic heterocycles. The zero-order chi connectivity index (χ0) is 40.1. The molecule has 4 heterocycles. The van der Waals surface area contributed by atoms with E-state index in [2.05, 4.69) is 25.9 Å². The number of carbonyl (C=O) groups is 3. The lowest BCUT2D eigenvalue weighted by molar-refractivity contribution is -0.122. The standard InChI is InChI=1S/C39H38Cl2FN7O7/c1-43-34(52)14-24(50)18-44-16-22-17-45-32-13-21(11-12-49(32)38(22)53)25-5-3-6-26(35(25)40)27-7-4-8-28(36(27)41)31-15-30(42)29(37(47-31)56-2)20-48(39(54)55)19-23-9-10-33(51)46-23/h3-8,11-13,15,17,23-24,44,50H,9-10,14,16,18-20H2,1-2H3,(H,43,52)(H,46,51)(H,54,55)/t23-,24?/m0/s1. The van der Waals surface area contributed by atoms with E-state index in [1.165, 1.54) is 30.8 Å².